The quantitative estimate of drug-likeness (QED) is 0.911. The number of hydrogen-bond acceptors (Lipinski definition) is 2. The molecular weight excluding hydrogens is 255 g/mol. The van der Waals surface area contributed by atoms with Crippen molar-refractivity contribution in [3.63, 3.8) is 0 Å². The SMILES string of the molecule is COC(C(O)Cc1ccc(Cl)cc1F)C(C)(C)C. The molecule has 0 spiro atoms. The van der Waals surface area contributed by atoms with E-state index < -0.39 is 11.9 Å². The van der Waals surface area contributed by atoms with Gasteiger partial charge in [0.1, 0.15) is 5.82 Å². The molecule has 0 bridgehead atoms. The van der Waals surface area contributed by atoms with Gasteiger partial charge in [-0.1, -0.05) is 38.4 Å². The Morgan fingerprint density at radius 3 is 2.44 bits per heavy atom. The van der Waals surface area contributed by atoms with Crippen molar-refractivity contribution in [1.82, 2.24) is 0 Å². The van der Waals surface area contributed by atoms with Crippen LogP contribution >= 0.6 is 11.6 Å². The Bertz CT molecular complexity index is 401. The summed E-state index contributed by atoms with van der Waals surface area (Å²) in [4.78, 5) is 0. The van der Waals surface area contributed by atoms with E-state index in [1.807, 2.05) is 20.8 Å². The first-order valence-corrected chi connectivity index (χ1v) is 6.28. The van der Waals surface area contributed by atoms with Crippen molar-refractivity contribution in [2.24, 2.45) is 5.41 Å². The van der Waals surface area contributed by atoms with Gasteiger partial charge in [0.2, 0.25) is 0 Å². The molecule has 0 aliphatic carbocycles. The minimum Gasteiger partial charge on any atom is -0.390 e. The van der Waals surface area contributed by atoms with Crippen molar-refractivity contribution in [2.75, 3.05) is 7.11 Å². The lowest BCUT2D eigenvalue weighted by atomic mass is 9.83. The molecule has 0 aliphatic heterocycles. The van der Waals surface area contributed by atoms with Crippen molar-refractivity contribution < 1.29 is 14.2 Å². The first-order chi connectivity index (χ1) is 8.25. The van der Waals surface area contributed by atoms with Crippen molar-refractivity contribution in [3.05, 3.63) is 34.6 Å². The van der Waals surface area contributed by atoms with Gasteiger partial charge in [0.15, 0.2) is 0 Å². The van der Waals surface area contributed by atoms with E-state index in [-0.39, 0.29) is 17.9 Å². The summed E-state index contributed by atoms with van der Waals surface area (Å²) in [5.74, 6) is -0.398. The Morgan fingerprint density at radius 2 is 2.00 bits per heavy atom. The molecule has 0 aromatic heterocycles. The summed E-state index contributed by atoms with van der Waals surface area (Å²) < 4.78 is 19.0. The summed E-state index contributed by atoms with van der Waals surface area (Å²) in [5.41, 5.74) is 0.232. The van der Waals surface area contributed by atoms with Crippen LogP contribution in [-0.4, -0.2) is 24.4 Å². The number of ether oxygens (including phenoxy) is 1. The van der Waals surface area contributed by atoms with Gasteiger partial charge in [-0.15, -0.1) is 0 Å². The molecule has 0 fully saturated rings. The van der Waals surface area contributed by atoms with Gasteiger partial charge >= 0.3 is 0 Å². The predicted octanol–water partition coefficient (Wildman–Crippen LogP) is 3.44. The van der Waals surface area contributed by atoms with Crippen molar-refractivity contribution in [3.8, 4) is 0 Å². The van der Waals surface area contributed by atoms with E-state index in [1.165, 1.54) is 6.07 Å². The van der Waals surface area contributed by atoms with E-state index in [0.29, 0.717) is 10.6 Å². The lowest BCUT2D eigenvalue weighted by Crippen LogP contribution is -2.40. The Labute approximate surface area is 113 Å². The fraction of sp³-hybridized carbons (Fsp3) is 0.571. The third-order valence-corrected chi connectivity index (χ3v) is 3.14. The Hall–Kier alpha value is -0.640. The van der Waals surface area contributed by atoms with E-state index >= 15 is 0 Å². The molecule has 0 heterocycles. The van der Waals surface area contributed by atoms with Crippen LogP contribution < -0.4 is 0 Å². The van der Waals surface area contributed by atoms with Crippen molar-refractivity contribution >= 4 is 11.6 Å². The molecule has 0 amide bonds. The number of aliphatic hydroxyl groups excluding tert-OH is 1. The fourth-order valence-corrected chi connectivity index (χ4v) is 2.27. The molecule has 2 atom stereocenters. The minimum absolute atomic E-state index is 0.207. The molecule has 2 unspecified atom stereocenters. The smallest absolute Gasteiger partial charge is 0.127 e. The summed E-state index contributed by atoms with van der Waals surface area (Å²) in [6.45, 7) is 5.92. The minimum atomic E-state index is -0.759. The molecule has 0 saturated heterocycles. The normalized spacial score (nSPS) is 15.5. The monoisotopic (exact) mass is 274 g/mol. The van der Waals surface area contributed by atoms with E-state index in [2.05, 4.69) is 0 Å². The third-order valence-electron chi connectivity index (χ3n) is 2.90. The molecule has 1 rings (SSSR count). The summed E-state index contributed by atoms with van der Waals surface area (Å²) in [5, 5.41) is 10.5. The van der Waals surface area contributed by atoms with E-state index in [0.717, 1.165) is 0 Å². The maximum absolute atomic E-state index is 13.6. The van der Waals surface area contributed by atoms with Gasteiger partial charge in [0, 0.05) is 18.6 Å². The van der Waals surface area contributed by atoms with Gasteiger partial charge in [0.05, 0.1) is 12.2 Å². The maximum atomic E-state index is 13.6. The second kappa shape index (κ2) is 6.00. The number of aliphatic hydroxyl groups is 1. The maximum Gasteiger partial charge on any atom is 0.127 e. The molecule has 0 saturated carbocycles. The van der Waals surface area contributed by atoms with Gasteiger partial charge in [-0.25, -0.2) is 4.39 Å². The first kappa shape index (κ1) is 15.4. The molecule has 2 nitrogen and oxygen atoms in total. The van der Waals surface area contributed by atoms with Crippen LogP contribution in [0.2, 0.25) is 5.02 Å². The molecule has 18 heavy (non-hydrogen) atoms. The Morgan fingerprint density at radius 1 is 1.39 bits per heavy atom. The van der Waals surface area contributed by atoms with Crippen LogP contribution in [0.1, 0.15) is 26.3 Å². The van der Waals surface area contributed by atoms with Crippen LogP contribution in [0.25, 0.3) is 0 Å². The van der Waals surface area contributed by atoms with Crippen molar-refractivity contribution in [1.29, 1.82) is 0 Å². The van der Waals surface area contributed by atoms with Crippen LogP contribution in [0.3, 0.4) is 0 Å². The van der Waals surface area contributed by atoms with Crippen LogP contribution in [0.4, 0.5) is 4.39 Å². The summed E-state index contributed by atoms with van der Waals surface area (Å²) in [6, 6.07) is 4.46. The predicted molar refractivity (Wildman–Crippen MR) is 71.4 cm³/mol. The summed E-state index contributed by atoms with van der Waals surface area (Å²) in [6.07, 6.45) is -0.906. The fourth-order valence-electron chi connectivity index (χ4n) is 2.11. The largest absolute Gasteiger partial charge is 0.390 e. The average molecular weight is 275 g/mol. The second-order valence-electron chi connectivity index (χ2n) is 5.53. The molecule has 1 aromatic carbocycles. The van der Waals surface area contributed by atoms with Gasteiger partial charge in [-0.3, -0.25) is 0 Å². The van der Waals surface area contributed by atoms with Gasteiger partial charge < -0.3 is 9.84 Å². The second-order valence-corrected chi connectivity index (χ2v) is 5.97. The zero-order valence-electron chi connectivity index (χ0n) is 11.2. The van der Waals surface area contributed by atoms with Gasteiger partial charge in [0.25, 0.3) is 0 Å². The highest BCUT2D eigenvalue weighted by atomic mass is 35.5. The van der Waals surface area contributed by atoms with Crippen LogP contribution in [0.15, 0.2) is 18.2 Å². The number of hydrogen-bond donors (Lipinski definition) is 1. The third kappa shape index (κ3) is 3.94. The average Bonchev–Trinajstić information content (AvgIpc) is 2.21. The number of rotatable bonds is 4. The molecular formula is C14H20ClFO2. The topological polar surface area (TPSA) is 29.5 Å². The number of benzene rings is 1. The van der Waals surface area contributed by atoms with E-state index in [1.54, 1.807) is 19.2 Å². The lowest BCUT2D eigenvalue weighted by Gasteiger charge is -2.33. The van der Waals surface area contributed by atoms with Gasteiger partial charge in [-0.05, 0) is 23.1 Å². The van der Waals surface area contributed by atoms with Crippen molar-refractivity contribution in [2.45, 2.75) is 39.4 Å². The zero-order chi connectivity index (χ0) is 13.9. The lowest BCUT2D eigenvalue weighted by molar-refractivity contribution is -0.0701. The number of halogens is 2. The Balaban J connectivity index is 2.83. The highest BCUT2D eigenvalue weighted by molar-refractivity contribution is 6.30. The Kier molecular flexibility index (Phi) is 5.14. The molecule has 0 aliphatic rings. The van der Waals surface area contributed by atoms with Gasteiger partial charge in [-0.2, -0.15) is 0 Å². The molecule has 1 N–H and O–H groups in total. The molecule has 1 aromatic rings. The van der Waals surface area contributed by atoms with E-state index in [9.17, 15) is 9.50 Å². The van der Waals surface area contributed by atoms with Crippen LogP contribution in [0.5, 0.6) is 0 Å². The standard InChI is InChI=1S/C14H20ClFO2/c1-14(2,3)13(18-4)12(17)7-9-5-6-10(15)8-11(9)16/h5-6,8,12-13,17H,7H2,1-4H3. The zero-order valence-corrected chi connectivity index (χ0v) is 12.0. The highest BCUT2D eigenvalue weighted by Gasteiger charge is 2.31. The molecule has 4 heteroatoms. The molecule has 0 radical (unpaired) electrons. The first-order valence-electron chi connectivity index (χ1n) is 5.90. The summed E-state index contributed by atoms with van der Waals surface area (Å²) in [7, 11) is 1.55. The van der Waals surface area contributed by atoms with Crippen LogP contribution in [0, 0.1) is 11.2 Å². The summed E-state index contributed by atoms with van der Waals surface area (Å²) >= 11 is 5.69. The highest BCUT2D eigenvalue weighted by Crippen LogP contribution is 2.27. The van der Waals surface area contributed by atoms with E-state index in [4.69, 9.17) is 16.3 Å². The molecule has 102 valence electrons. The van der Waals surface area contributed by atoms with Crippen LogP contribution in [-0.2, 0) is 11.2 Å². The number of methoxy groups -OCH3 is 1.